The maximum absolute atomic E-state index is 12.8. The molecule has 0 aromatic rings. The van der Waals surface area contributed by atoms with Crippen molar-refractivity contribution in [1.29, 1.82) is 0 Å². The van der Waals surface area contributed by atoms with Gasteiger partial charge in [0.25, 0.3) is 0 Å². The number of hydrogen-bond donors (Lipinski definition) is 1. The molecule has 0 aromatic heterocycles. The number of carbonyl (C=O) groups excluding carboxylic acids is 2. The molecule has 0 aromatic carbocycles. The smallest absolute Gasteiger partial charge is 0.306 e. The molecule has 0 atom stereocenters. The normalized spacial score (nSPS) is 11.6. The Kier molecular flexibility index (Phi) is 42.4. The van der Waals surface area contributed by atoms with Crippen molar-refractivity contribution in [3.8, 4) is 0 Å². The van der Waals surface area contributed by atoms with E-state index in [1.807, 2.05) is 0 Å². The van der Waals surface area contributed by atoms with E-state index in [1.54, 1.807) is 0 Å². The molecule has 0 saturated heterocycles. The molecule has 0 radical (unpaired) electrons. The van der Waals surface area contributed by atoms with Crippen molar-refractivity contribution in [2.75, 3.05) is 32.0 Å². The molecule has 0 rings (SSSR count). The summed E-state index contributed by atoms with van der Waals surface area (Å²) in [6.07, 6.45) is 41.6. The van der Waals surface area contributed by atoms with Crippen LogP contribution in [0.2, 0.25) is 0 Å². The Labute approximate surface area is 331 Å². The van der Waals surface area contributed by atoms with Crippen molar-refractivity contribution in [2.24, 2.45) is 0 Å². The molecule has 0 N–H and O–H groups in total. The molecule has 0 bridgehead atoms. The lowest BCUT2D eigenvalue weighted by Crippen LogP contribution is -2.27. The van der Waals surface area contributed by atoms with Crippen molar-refractivity contribution >= 4 is 24.6 Å². The van der Waals surface area contributed by atoms with Crippen molar-refractivity contribution in [2.45, 2.75) is 252 Å². The molecule has 0 amide bonds. The van der Waals surface area contributed by atoms with Crippen LogP contribution in [-0.4, -0.2) is 54.9 Å². The molecule has 0 heterocycles. The summed E-state index contributed by atoms with van der Waals surface area (Å²) >= 11 is 4.41. The second-order valence-corrected chi connectivity index (χ2v) is 16.3. The first-order chi connectivity index (χ1) is 25.6. The van der Waals surface area contributed by atoms with Crippen LogP contribution in [0.5, 0.6) is 0 Å². The fourth-order valence-corrected chi connectivity index (χ4v) is 7.41. The summed E-state index contributed by atoms with van der Waals surface area (Å²) in [5.74, 6) is 0.972. The zero-order valence-corrected chi connectivity index (χ0v) is 36.3. The first-order valence-electron chi connectivity index (χ1n) is 23.3. The van der Waals surface area contributed by atoms with E-state index in [2.05, 4.69) is 38.3 Å². The monoisotopic (exact) mass is 754 g/mol. The fraction of sp³-hybridized carbons (Fsp3) is 0.957. The van der Waals surface area contributed by atoms with Gasteiger partial charge in [-0.15, -0.1) is 0 Å². The van der Waals surface area contributed by atoms with Gasteiger partial charge in [-0.2, -0.15) is 12.6 Å². The number of carbonyl (C=O) groups is 2. The van der Waals surface area contributed by atoms with Crippen LogP contribution in [0.3, 0.4) is 0 Å². The summed E-state index contributed by atoms with van der Waals surface area (Å²) in [4.78, 5) is 27.5. The lowest BCUT2D eigenvalue weighted by Gasteiger charge is -2.22. The van der Waals surface area contributed by atoms with Gasteiger partial charge in [0, 0.05) is 12.8 Å². The highest BCUT2D eigenvalue weighted by Gasteiger charge is 2.14. The Hall–Kier alpha value is -0.750. The number of ether oxygens (including phenoxy) is 2. The van der Waals surface area contributed by atoms with E-state index < -0.39 is 0 Å². The first kappa shape index (κ1) is 51.2. The van der Waals surface area contributed by atoms with Gasteiger partial charge in [0.15, 0.2) is 0 Å². The predicted molar refractivity (Wildman–Crippen MR) is 230 cm³/mol. The Morgan fingerprint density at radius 3 is 1.29 bits per heavy atom. The molecule has 0 spiro atoms. The van der Waals surface area contributed by atoms with E-state index in [4.69, 9.17) is 9.47 Å². The van der Waals surface area contributed by atoms with Gasteiger partial charge in [-0.3, -0.25) is 9.59 Å². The van der Waals surface area contributed by atoms with Crippen molar-refractivity contribution < 1.29 is 19.1 Å². The minimum Gasteiger partial charge on any atom is -0.466 e. The maximum atomic E-state index is 12.8. The number of hydrogen-bond acceptors (Lipinski definition) is 6. The second-order valence-electron chi connectivity index (χ2n) is 15.9. The third-order valence-corrected chi connectivity index (χ3v) is 11.0. The molecule has 0 aliphatic rings. The molecule has 310 valence electrons. The first-order valence-corrected chi connectivity index (χ1v) is 23.9. The molecular weight excluding hydrogens is 663 g/mol. The van der Waals surface area contributed by atoms with Crippen molar-refractivity contribution in [1.82, 2.24) is 4.90 Å². The van der Waals surface area contributed by atoms with Crippen molar-refractivity contribution in [3.63, 3.8) is 0 Å². The highest BCUT2D eigenvalue weighted by atomic mass is 32.1. The van der Waals surface area contributed by atoms with Gasteiger partial charge < -0.3 is 14.4 Å². The van der Waals surface area contributed by atoms with Gasteiger partial charge in [-0.25, -0.2) is 0 Å². The van der Waals surface area contributed by atoms with Gasteiger partial charge in [-0.1, -0.05) is 162 Å². The molecule has 0 fully saturated rings. The summed E-state index contributed by atoms with van der Waals surface area (Å²) < 4.78 is 11.5. The minimum absolute atomic E-state index is 0.0142. The highest BCUT2D eigenvalue weighted by molar-refractivity contribution is 7.80. The Morgan fingerprint density at radius 2 is 0.808 bits per heavy atom. The molecule has 5 nitrogen and oxygen atoms in total. The third-order valence-electron chi connectivity index (χ3n) is 10.7. The number of thiol groups is 1. The standard InChI is InChI=1S/C46H91NO4S/c1-4-7-10-13-16-17-18-24-33-42-50-45(48)37-29-25-31-40-47(41-32-34-43-52)39-30-23-19-22-28-38-46(49)51-44(35-26-20-14-11-8-5-2)36-27-21-15-12-9-6-3/h44,52H,4-43H2,1-3H3. The summed E-state index contributed by atoms with van der Waals surface area (Å²) in [5.41, 5.74) is 0. The van der Waals surface area contributed by atoms with E-state index in [1.165, 1.54) is 161 Å². The molecular formula is C46H91NO4S. The quantitative estimate of drug-likeness (QED) is 0.0382. The Bertz CT molecular complexity index is 719. The van der Waals surface area contributed by atoms with Gasteiger partial charge in [0.2, 0.25) is 0 Å². The topological polar surface area (TPSA) is 55.8 Å². The largest absolute Gasteiger partial charge is 0.466 e. The minimum atomic E-state index is -0.0142. The van der Waals surface area contributed by atoms with Crippen LogP contribution in [-0.2, 0) is 19.1 Å². The molecule has 52 heavy (non-hydrogen) atoms. The number of rotatable bonds is 43. The average Bonchev–Trinajstić information content (AvgIpc) is 3.14. The van der Waals surface area contributed by atoms with E-state index in [9.17, 15) is 9.59 Å². The van der Waals surface area contributed by atoms with Crippen LogP contribution in [0.4, 0.5) is 0 Å². The predicted octanol–water partition coefficient (Wildman–Crippen LogP) is 14.4. The fourth-order valence-electron chi connectivity index (χ4n) is 7.18. The summed E-state index contributed by atoms with van der Waals surface area (Å²) in [5, 5.41) is 0. The van der Waals surface area contributed by atoms with Crippen LogP contribution in [0.25, 0.3) is 0 Å². The Balaban J connectivity index is 4.11. The van der Waals surface area contributed by atoms with Gasteiger partial charge in [0.1, 0.15) is 6.10 Å². The van der Waals surface area contributed by atoms with Gasteiger partial charge in [-0.05, 0) is 96.0 Å². The second kappa shape index (κ2) is 43.0. The van der Waals surface area contributed by atoms with E-state index in [0.717, 1.165) is 76.8 Å². The molecule has 0 saturated carbocycles. The number of unbranched alkanes of at least 4 members (excludes halogenated alkanes) is 25. The lowest BCUT2D eigenvalue weighted by atomic mass is 10.0. The van der Waals surface area contributed by atoms with Crippen LogP contribution in [0.15, 0.2) is 0 Å². The maximum Gasteiger partial charge on any atom is 0.306 e. The summed E-state index contributed by atoms with van der Waals surface area (Å²) in [7, 11) is 0. The Morgan fingerprint density at radius 1 is 0.442 bits per heavy atom. The third kappa shape index (κ3) is 39.0. The van der Waals surface area contributed by atoms with Crippen molar-refractivity contribution in [3.05, 3.63) is 0 Å². The van der Waals surface area contributed by atoms with Crippen LogP contribution in [0, 0.1) is 0 Å². The van der Waals surface area contributed by atoms with Gasteiger partial charge in [0.05, 0.1) is 6.61 Å². The van der Waals surface area contributed by atoms with Crippen LogP contribution >= 0.6 is 12.6 Å². The molecule has 0 aliphatic heterocycles. The van der Waals surface area contributed by atoms with Crippen LogP contribution in [0.1, 0.15) is 245 Å². The number of nitrogens with zero attached hydrogens (tertiary/aromatic N) is 1. The van der Waals surface area contributed by atoms with Gasteiger partial charge >= 0.3 is 11.9 Å². The number of esters is 2. The summed E-state index contributed by atoms with van der Waals surface area (Å²) in [6, 6.07) is 0. The average molecular weight is 754 g/mol. The zero-order valence-electron chi connectivity index (χ0n) is 35.4. The SMILES string of the molecule is CCCCCCCCCCCOC(=O)CCCCCN(CCCCS)CCCCCCCC(=O)OC(CCCCCCCC)CCCCCCCC. The molecule has 0 unspecified atom stereocenters. The van der Waals surface area contributed by atoms with E-state index >= 15 is 0 Å². The van der Waals surface area contributed by atoms with E-state index in [0.29, 0.717) is 19.4 Å². The molecule has 6 heteroatoms. The molecule has 0 aliphatic carbocycles. The lowest BCUT2D eigenvalue weighted by molar-refractivity contribution is -0.150. The highest BCUT2D eigenvalue weighted by Crippen LogP contribution is 2.19. The zero-order chi connectivity index (χ0) is 38.0. The summed E-state index contributed by atoms with van der Waals surface area (Å²) in [6.45, 7) is 10.8. The van der Waals surface area contributed by atoms with Crippen LogP contribution < -0.4 is 0 Å². The van der Waals surface area contributed by atoms with E-state index in [-0.39, 0.29) is 18.0 Å².